The third-order valence-electron chi connectivity index (χ3n) is 2.60. The van der Waals surface area contributed by atoms with Crippen molar-refractivity contribution in [1.29, 1.82) is 0 Å². The van der Waals surface area contributed by atoms with E-state index in [0.29, 0.717) is 5.69 Å². The summed E-state index contributed by atoms with van der Waals surface area (Å²) >= 11 is 0. The predicted octanol–water partition coefficient (Wildman–Crippen LogP) is 2.81. The number of aromatic nitrogens is 2. The molecule has 0 aliphatic carbocycles. The number of nitrogens with one attached hydrogen (secondary N) is 1. The van der Waals surface area contributed by atoms with Gasteiger partial charge >= 0.3 is 12.1 Å². The maximum Gasteiger partial charge on any atom is 0.416 e. The van der Waals surface area contributed by atoms with E-state index in [4.69, 9.17) is 5.11 Å². The Hall–Kier alpha value is -2.64. The molecule has 0 aliphatic heterocycles. The molecule has 2 rings (SSSR count). The molecule has 5 nitrogen and oxygen atoms in total. The van der Waals surface area contributed by atoms with Crippen molar-refractivity contribution in [2.75, 3.05) is 5.32 Å². The van der Waals surface area contributed by atoms with Crippen LogP contribution in [0.5, 0.6) is 0 Å². The van der Waals surface area contributed by atoms with Gasteiger partial charge in [0.15, 0.2) is 0 Å². The Kier molecular flexibility index (Phi) is 4.06. The first kappa shape index (κ1) is 14.8. The van der Waals surface area contributed by atoms with Crippen LogP contribution in [0.4, 0.5) is 19.0 Å². The van der Waals surface area contributed by atoms with Gasteiger partial charge in [0, 0.05) is 12.4 Å². The molecule has 0 aromatic carbocycles. The van der Waals surface area contributed by atoms with Gasteiger partial charge in [0.25, 0.3) is 0 Å². The second-order valence-electron chi connectivity index (χ2n) is 4.12. The van der Waals surface area contributed by atoms with Gasteiger partial charge in [-0.15, -0.1) is 0 Å². The van der Waals surface area contributed by atoms with Gasteiger partial charge in [-0.2, -0.15) is 13.2 Å². The summed E-state index contributed by atoms with van der Waals surface area (Å²) in [5.41, 5.74) is -0.375. The molecule has 0 saturated heterocycles. The van der Waals surface area contributed by atoms with E-state index < -0.39 is 17.7 Å². The number of alkyl halides is 3. The van der Waals surface area contributed by atoms with E-state index in [2.05, 4.69) is 15.3 Å². The zero-order valence-corrected chi connectivity index (χ0v) is 10.6. The summed E-state index contributed by atoms with van der Waals surface area (Å²) in [6.07, 6.45) is -2.08. The van der Waals surface area contributed by atoms with E-state index in [1.54, 1.807) is 0 Å². The Bertz CT molecular complexity index is 659. The fraction of sp³-hybridized carbons (Fsp3) is 0.154. The smallest absolute Gasteiger partial charge is 0.416 e. The number of anilines is 1. The lowest BCUT2D eigenvalue weighted by Crippen LogP contribution is -2.08. The first-order valence-electron chi connectivity index (χ1n) is 5.81. The number of hydrogen-bond acceptors (Lipinski definition) is 4. The number of halogens is 3. The van der Waals surface area contributed by atoms with Crippen molar-refractivity contribution in [3.63, 3.8) is 0 Å². The molecular weight excluding hydrogens is 287 g/mol. The van der Waals surface area contributed by atoms with Crippen molar-refractivity contribution in [3.05, 3.63) is 53.5 Å². The Balaban J connectivity index is 2.10. The molecule has 0 radical (unpaired) electrons. The van der Waals surface area contributed by atoms with Gasteiger partial charge in [0.05, 0.1) is 23.4 Å². The zero-order chi connectivity index (χ0) is 15.5. The van der Waals surface area contributed by atoms with Gasteiger partial charge in [-0.05, 0) is 24.3 Å². The molecule has 0 atom stereocenters. The standard InChI is InChI=1S/C13H10F3N3O2/c14-13(15,16)9-2-4-18-11(6-9)19-7-10-5-8(12(20)21)1-3-17-10/h1-6H,7H2,(H,18,19)(H,20,21). The van der Waals surface area contributed by atoms with Crippen LogP contribution in [-0.4, -0.2) is 21.0 Å². The molecular formula is C13H10F3N3O2. The highest BCUT2D eigenvalue weighted by atomic mass is 19.4. The summed E-state index contributed by atoms with van der Waals surface area (Å²) in [5, 5.41) is 11.5. The van der Waals surface area contributed by atoms with Crippen molar-refractivity contribution in [2.24, 2.45) is 0 Å². The number of carboxylic acids is 1. The Morgan fingerprint density at radius 1 is 1.19 bits per heavy atom. The second-order valence-corrected chi connectivity index (χ2v) is 4.12. The molecule has 0 spiro atoms. The highest BCUT2D eigenvalue weighted by Gasteiger charge is 2.30. The van der Waals surface area contributed by atoms with Crippen molar-refractivity contribution in [3.8, 4) is 0 Å². The quantitative estimate of drug-likeness (QED) is 0.907. The first-order chi connectivity index (χ1) is 9.86. The summed E-state index contributed by atoms with van der Waals surface area (Å²) in [6.45, 7) is 0.0649. The molecule has 2 heterocycles. The minimum Gasteiger partial charge on any atom is -0.478 e. The van der Waals surface area contributed by atoms with Crippen LogP contribution < -0.4 is 5.32 Å². The summed E-state index contributed by atoms with van der Waals surface area (Å²) in [5.74, 6) is -1.07. The van der Waals surface area contributed by atoms with E-state index in [9.17, 15) is 18.0 Å². The average Bonchev–Trinajstić information content (AvgIpc) is 2.45. The molecule has 21 heavy (non-hydrogen) atoms. The van der Waals surface area contributed by atoms with E-state index >= 15 is 0 Å². The summed E-state index contributed by atoms with van der Waals surface area (Å²) < 4.78 is 37.6. The topological polar surface area (TPSA) is 75.1 Å². The summed E-state index contributed by atoms with van der Waals surface area (Å²) in [4.78, 5) is 18.5. The van der Waals surface area contributed by atoms with Crippen LogP contribution in [0.15, 0.2) is 36.7 Å². The molecule has 0 saturated carbocycles. The lowest BCUT2D eigenvalue weighted by molar-refractivity contribution is -0.137. The molecule has 8 heteroatoms. The van der Waals surface area contributed by atoms with Gasteiger partial charge < -0.3 is 10.4 Å². The van der Waals surface area contributed by atoms with Crippen LogP contribution in [0.2, 0.25) is 0 Å². The fourth-order valence-corrected chi connectivity index (χ4v) is 1.59. The Morgan fingerprint density at radius 3 is 2.57 bits per heavy atom. The SMILES string of the molecule is O=C(O)c1ccnc(CNc2cc(C(F)(F)F)ccn2)c1. The lowest BCUT2D eigenvalue weighted by Gasteiger charge is -2.09. The highest BCUT2D eigenvalue weighted by molar-refractivity contribution is 5.87. The summed E-state index contributed by atoms with van der Waals surface area (Å²) in [6, 6.07) is 4.41. The maximum absolute atomic E-state index is 12.5. The average molecular weight is 297 g/mol. The van der Waals surface area contributed by atoms with Gasteiger partial charge in [-0.1, -0.05) is 0 Å². The zero-order valence-electron chi connectivity index (χ0n) is 10.6. The van der Waals surface area contributed by atoms with Crippen LogP contribution >= 0.6 is 0 Å². The van der Waals surface area contributed by atoms with Crippen LogP contribution in [-0.2, 0) is 12.7 Å². The monoisotopic (exact) mass is 297 g/mol. The largest absolute Gasteiger partial charge is 0.478 e. The number of nitrogens with zero attached hydrogens (tertiary/aromatic N) is 2. The van der Waals surface area contributed by atoms with Crippen molar-refractivity contribution in [1.82, 2.24) is 9.97 Å². The number of aromatic carboxylic acids is 1. The number of carboxylic acid groups (broad SMARTS) is 1. The van der Waals surface area contributed by atoms with E-state index in [-0.39, 0.29) is 17.9 Å². The van der Waals surface area contributed by atoms with Gasteiger partial charge in [-0.25, -0.2) is 9.78 Å². The molecule has 2 N–H and O–H groups in total. The normalized spacial score (nSPS) is 11.2. The Labute approximate surface area is 117 Å². The molecule has 2 aromatic rings. The highest BCUT2D eigenvalue weighted by Crippen LogP contribution is 2.29. The number of rotatable bonds is 4. The van der Waals surface area contributed by atoms with Crippen molar-refractivity contribution in [2.45, 2.75) is 12.7 Å². The second kappa shape index (κ2) is 5.78. The molecule has 0 bridgehead atoms. The van der Waals surface area contributed by atoms with E-state index in [0.717, 1.165) is 18.3 Å². The molecule has 0 fully saturated rings. The Morgan fingerprint density at radius 2 is 1.90 bits per heavy atom. The lowest BCUT2D eigenvalue weighted by atomic mass is 10.2. The van der Waals surface area contributed by atoms with E-state index in [1.165, 1.54) is 18.3 Å². The van der Waals surface area contributed by atoms with Gasteiger partial charge in [0.2, 0.25) is 0 Å². The molecule has 0 amide bonds. The minimum absolute atomic E-state index is 0.0346. The van der Waals surface area contributed by atoms with Gasteiger partial charge in [0.1, 0.15) is 5.82 Å². The third kappa shape index (κ3) is 3.91. The summed E-state index contributed by atoms with van der Waals surface area (Å²) in [7, 11) is 0. The van der Waals surface area contributed by atoms with Gasteiger partial charge in [-0.3, -0.25) is 4.98 Å². The van der Waals surface area contributed by atoms with Crippen molar-refractivity contribution < 1.29 is 23.1 Å². The molecule has 0 aliphatic rings. The number of carbonyl (C=O) groups is 1. The fourth-order valence-electron chi connectivity index (χ4n) is 1.59. The van der Waals surface area contributed by atoms with E-state index in [1.807, 2.05) is 0 Å². The predicted molar refractivity (Wildman–Crippen MR) is 67.8 cm³/mol. The molecule has 0 unspecified atom stereocenters. The minimum atomic E-state index is -4.44. The van der Waals surface area contributed by atoms with Crippen molar-refractivity contribution >= 4 is 11.8 Å². The van der Waals surface area contributed by atoms with Crippen LogP contribution in [0.25, 0.3) is 0 Å². The molecule has 2 aromatic heterocycles. The number of hydrogen-bond donors (Lipinski definition) is 2. The first-order valence-corrected chi connectivity index (χ1v) is 5.81. The third-order valence-corrected chi connectivity index (χ3v) is 2.60. The number of pyridine rings is 2. The van der Waals surface area contributed by atoms with Crippen LogP contribution in [0, 0.1) is 0 Å². The maximum atomic E-state index is 12.5. The van der Waals surface area contributed by atoms with Crippen LogP contribution in [0.3, 0.4) is 0 Å². The van der Waals surface area contributed by atoms with Crippen LogP contribution in [0.1, 0.15) is 21.6 Å². The molecule has 110 valence electrons.